The van der Waals surface area contributed by atoms with Gasteiger partial charge in [-0.05, 0) is 24.0 Å². The first-order valence-corrected chi connectivity index (χ1v) is 8.46. The van der Waals surface area contributed by atoms with Gasteiger partial charge in [0, 0.05) is 19.1 Å². The van der Waals surface area contributed by atoms with Crippen LogP contribution >= 0.6 is 0 Å². The summed E-state index contributed by atoms with van der Waals surface area (Å²) in [4.78, 5) is 2.54. The number of nitrogens with zero attached hydrogens (tertiary/aromatic N) is 1. The first-order chi connectivity index (χ1) is 11.4. The van der Waals surface area contributed by atoms with Gasteiger partial charge in [0.05, 0.1) is 13.2 Å². The van der Waals surface area contributed by atoms with Crippen molar-refractivity contribution in [3.8, 4) is 0 Å². The van der Waals surface area contributed by atoms with Crippen LogP contribution in [-0.2, 0) is 17.8 Å². The van der Waals surface area contributed by atoms with E-state index in [9.17, 15) is 0 Å². The highest BCUT2D eigenvalue weighted by atomic mass is 16.5. The van der Waals surface area contributed by atoms with Crippen LogP contribution in [0.5, 0.6) is 0 Å². The lowest BCUT2D eigenvalue weighted by Crippen LogP contribution is -2.42. The van der Waals surface area contributed by atoms with Crippen molar-refractivity contribution in [1.82, 2.24) is 4.90 Å². The second-order valence-corrected chi connectivity index (χ2v) is 6.10. The third-order valence-electron chi connectivity index (χ3n) is 4.34. The van der Waals surface area contributed by atoms with E-state index in [0.29, 0.717) is 12.6 Å². The summed E-state index contributed by atoms with van der Waals surface area (Å²) >= 11 is 0. The fourth-order valence-corrected chi connectivity index (χ4v) is 3.06. The lowest BCUT2D eigenvalue weighted by atomic mass is 10.0. The summed E-state index contributed by atoms with van der Waals surface area (Å²) in [5, 5.41) is 0. The molecule has 3 rings (SSSR count). The molecule has 23 heavy (non-hydrogen) atoms. The Labute approximate surface area is 139 Å². The zero-order valence-corrected chi connectivity index (χ0v) is 13.6. The van der Waals surface area contributed by atoms with E-state index in [1.54, 1.807) is 0 Å². The summed E-state index contributed by atoms with van der Waals surface area (Å²) in [5.74, 6) is 0. The van der Waals surface area contributed by atoms with Gasteiger partial charge in [-0.1, -0.05) is 72.8 Å². The van der Waals surface area contributed by atoms with Crippen molar-refractivity contribution in [1.29, 1.82) is 0 Å². The Balaban J connectivity index is 1.59. The Hall–Kier alpha value is -1.90. The molecule has 0 fully saturated rings. The van der Waals surface area contributed by atoms with Crippen LogP contribution < -0.4 is 0 Å². The summed E-state index contributed by atoms with van der Waals surface area (Å²) in [7, 11) is 0. The quantitative estimate of drug-likeness (QED) is 0.715. The van der Waals surface area contributed by atoms with Crippen molar-refractivity contribution in [3.05, 3.63) is 83.9 Å². The van der Waals surface area contributed by atoms with Gasteiger partial charge in [-0.3, -0.25) is 4.90 Å². The van der Waals surface area contributed by atoms with Crippen LogP contribution in [0, 0.1) is 0 Å². The molecule has 1 aliphatic rings. The fourth-order valence-electron chi connectivity index (χ4n) is 3.06. The monoisotopic (exact) mass is 307 g/mol. The molecule has 0 radical (unpaired) electrons. The minimum atomic E-state index is 0.436. The normalized spacial score (nSPS) is 16.3. The molecule has 2 heteroatoms. The Kier molecular flexibility index (Phi) is 6.01. The van der Waals surface area contributed by atoms with Gasteiger partial charge < -0.3 is 4.74 Å². The van der Waals surface area contributed by atoms with Gasteiger partial charge in [-0.2, -0.15) is 0 Å². The Morgan fingerprint density at radius 3 is 2.22 bits per heavy atom. The molecule has 1 aliphatic heterocycles. The topological polar surface area (TPSA) is 12.5 Å². The summed E-state index contributed by atoms with van der Waals surface area (Å²) in [6.07, 6.45) is 6.74. The number of ether oxygens (including phenoxy) is 1. The second-order valence-electron chi connectivity index (χ2n) is 6.10. The van der Waals surface area contributed by atoms with E-state index >= 15 is 0 Å². The second kappa shape index (κ2) is 8.66. The molecule has 0 bridgehead atoms. The number of hydrogen-bond donors (Lipinski definition) is 0. The SMILES string of the molecule is C1=CCN(C(COCc2ccccc2)Cc2ccccc2)CC1. The van der Waals surface area contributed by atoms with Crippen molar-refractivity contribution < 1.29 is 4.74 Å². The van der Waals surface area contributed by atoms with Gasteiger partial charge in [0.2, 0.25) is 0 Å². The summed E-state index contributed by atoms with van der Waals surface area (Å²) in [6, 6.07) is 21.6. The third kappa shape index (κ3) is 5.05. The van der Waals surface area contributed by atoms with Gasteiger partial charge in [0.15, 0.2) is 0 Å². The van der Waals surface area contributed by atoms with E-state index < -0.39 is 0 Å². The predicted octanol–water partition coefficient (Wildman–Crippen LogP) is 4.08. The lowest BCUT2D eigenvalue weighted by molar-refractivity contribution is 0.0536. The maximum Gasteiger partial charge on any atom is 0.0717 e. The summed E-state index contributed by atoms with van der Waals surface area (Å²) < 4.78 is 6.04. The van der Waals surface area contributed by atoms with Gasteiger partial charge >= 0.3 is 0 Å². The molecule has 0 aromatic heterocycles. The van der Waals surface area contributed by atoms with Crippen LogP contribution in [0.25, 0.3) is 0 Å². The van der Waals surface area contributed by atoms with Gasteiger partial charge in [-0.15, -0.1) is 0 Å². The van der Waals surface area contributed by atoms with E-state index in [1.165, 1.54) is 11.1 Å². The van der Waals surface area contributed by atoms with Crippen molar-refractivity contribution in [2.24, 2.45) is 0 Å². The van der Waals surface area contributed by atoms with Crippen LogP contribution in [0.3, 0.4) is 0 Å². The Morgan fingerprint density at radius 2 is 1.57 bits per heavy atom. The van der Waals surface area contributed by atoms with Crippen LogP contribution in [-0.4, -0.2) is 30.6 Å². The standard InChI is InChI=1S/C21H25NO/c1-4-10-19(11-5-1)16-21(22-14-8-3-9-15-22)18-23-17-20-12-6-2-7-13-20/h1-8,10-13,21H,9,14-18H2. The van der Waals surface area contributed by atoms with Crippen molar-refractivity contribution in [3.63, 3.8) is 0 Å². The van der Waals surface area contributed by atoms with E-state index in [4.69, 9.17) is 4.74 Å². The molecular formula is C21H25NO. The Morgan fingerprint density at radius 1 is 0.870 bits per heavy atom. The van der Waals surface area contributed by atoms with Gasteiger partial charge in [0.1, 0.15) is 0 Å². The zero-order valence-electron chi connectivity index (χ0n) is 13.6. The molecule has 0 spiro atoms. The fraction of sp³-hybridized carbons (Fsp3) is 0.333. The molecule has 1 unspecified atom stereocenters. The van der Waals surface area contributed by atoms with Gasteiger partial charge in [0.25, 0.3) is 0 Å². The molecule has 120 valence electrons. The van der Waals surface area contributed by atoms with E-state index in [-0.39, 0.29) is 0 Å². The van der Waals surface area contributed by atoms with Crippen LogP contribution in [0.4, 0.5) is 0 Å². The minimum absolute atomic E-state index is 0.436. The predicted molar refractivity (Wildman–Crippen MR) is 95.4 cm³/mol. The first-order valence-electron chi connectivity index (χ1n) is 8.46. The smallest absolute Gasteiger partial charge is 0.0717 e. The lowest BCUT2D eigenvalue weighted by Gasteiger charge is -2.32. The molecule has 2 aromatic rings. The molecular weight excluding hydrogens is 282 g/mol. The summed E-state index contributed by atoms with van der Waals surface area (Å²) in [5.41, 5.74) is 2.62. The largest absolute Gasteiger partial charge is 0.375 e. The maximum absolute atomic E-state index is 6.04. The molecule has 1 atom stereocenters. The molecule has 0 saturated carbocycles. The number of hydrogen-bond acceptors (Lipinski definition) is 2. The minimum Gasteiger partial charge on any atom is -0.375 e. The molecule has 0 saturated heterocycles. The highest BCUT2D eigenvalue weighted by Gasteiger charge is 2.19. The average molecular weight is 307 g/mol. The van der Waals surface area contributed by atoms with Crippen LogP contribution in [0.1, 0.15) is 17.5 Å². The third-order valence-corrected chi connectivity index (χ3v) is 4.34. The van der Waals surface area contributed by atoms with Gasteiger partial charge in [-0.25, -0.2) is 0 Å². The van der Waals surface area contributed by atoms with Crippen molar-refractivity contribution >= 4 is 0 Å². The van der Waals surface area contributed by atoms with E-state index in [2.05, 4.69) is 71.6 Å². The van der Waals surface area contributed by atoms with Crippen molar-refractivity contribution in [2.75, 3.05) is 19.7 Å². The average Bonchev–Trinajstić information content (AvgIpc) is 2.63. The molecule has 0 N–H and O–H groups in total. The van der Waals surface area contributed by atoms with E-state index in [1.807, 2.05) is 6.07 Å². The molecule has 0 amide bonds. The Bertz CT molecular complexity index is 594. The number of rotatable bonds is 7. The van der Waals surface area contributed by atoms with Crippen LogP contribution in [0.15, 0.2) is 72.8 Å². The number of benzene rings is 2. The van der Waals surface area contributed by atoms with E-state index in [0.717, 1.165) is 32.5 Å². The molecule has 2 aromatic carbocycles. The zero-order chi connectivity index (χ0) is 15.7. The van der Waals surface area contributed by atoms with Crippen molar-refractivity contribution in [2.45, 2.75) is 25.5 Å². The summed E-state index contributed by atoms with van der Waals surface area (Å²) in [6.45, 7) is 3.63. The molecule has 1 heterocycles. The highest BCUT2D eigenvalue weighted by molar-refractivity contribution is 5.16. The molecule has 0 aliphatic carbocycles. The highest BCUT2D eigenvalue weighted by Crippen LogP contribution is 2.14. The maximum atomic E-state index is 6.04. The molecule has 2 nitrogen and oxygen atoms in total. The first kappa shape index (κ1) is 16.0. The van der Waals surface area contributed by atoms with Crippen LogP contribution in [0.2, 0.25) is 0 Å².